The first-order valence-electron chi connectivity index (χ1n) is 10.1. The molecule has 1 amide bonds. The average Bonchev–Trinajstić information content (AvgIpc) is 3.12. The molecule has 29 heavy (non-hydrogen) atoms. The van der Waals surface area contributed by atoms with Crippen molar-refractivity contribution in [2.75, 3.05) is 11.5 Å². The summed E-state index contributed by atoms with van der Waals surface area (Å²) in [5.74, 6) is 0.117. The summed E-state index contributed by atoms with van der Waals surface area (Å²) in [6.07, 6.45) is 5.27. The van der Waals surface area contributed by atoms with Gasteiger partial charge in [-0.05, 0) is 59.6 Å². The smallest absolute Gasteiger partial charge is 0.250 e. The summed E-state index contributed by atoms with van der Waals surface area (Å²) in [5.41, 5.74) is 11.2. The third-order valence-corrected chi connectivity index (χ3v) is 7.62. The van der Waals surface area contributed by atoms with Gasteiger partial charge in [0.25, 0.3) is 5.91 Å². The molecular formula is C23H26N2O3S. The zero-order valence-corrected chi connectivity index (χ0v) is 17.4. The van der Waals surface area contributed by atoms with E-state index < -0.39 is 15.7 Å². The molecule has 6 heteroatoms. The molecule has 0 aliphatic carbocycles. The lowest BCUT2D eigenvalue weighted by Crippen LogP contribution is -2.22. The van der Waals surface area contributed by atoms with Crippen molar-refractivity contribution in [2.45, 2.75) is 38.5 Å². The monoisotopic (exact) mass is 410 g/mol. The number of aromatic nitrogens is 1. The highest BCUT2D eigenvalue weighted by atomic mass is 32.2. The summed E-state index contributed by atoms with van der Waals surface area (Å²) in [5, 5.41) is 0.957. The molecule has 3 aromatic rings. The molecule has 0 unspecified atom stereocenters. The van der Waals surface area contributed by atoms with Crippen LogP contribution in [0.5, 0.6) is 0 Å². The summed E-state index contributed by atoms with van der Waals surface area (Å²) in [6.45, 7) is 2.16. The van der Waals surface area contributed by atoms with Gasteiger partial charge in [0, 0.05) is 11.6 Å². The summed E-state index contributed by atoms with van der Waals surface area (Å²) < 4.78 is 23.6. The van der Waals surface area contributed by atoms with Crippen molar-refractivity contribution in [1.82, 2.24) is 4.98 Å². The first-order valence-corrected chi connectivity index (χ1v) is 11.9. The van der Waals surface area contributed by atoms with Crippen LogP contribution in [0.4, 0.5) is 0 Å². The SMILES string of the molecule is CCCc1ccc(-c2cc(C(N)=O)c3[nH]cc(C4CCS(=O)(=O)CC4)c3c2)cc1. The van der Waals surface area contributed by atoms with Crippen LogP contribution >= 0.6 is 0 Å². The van der Waals surface area contributed by atoms with Gasteiger partial charge in [0.15, 0.2) is 0 Å². The topological polar surface area (TPSA) is 93.0 Å². The van der Waals surface area contributed by atoms with Gasteiger partial charge in [0.05, 0.1) is 22.6 Å². The van der Waals surface area contributed by atoms with Crippen LogP contribution in [0.2, 0.25) is 0 Å². The number of sulfone groups is 1. The van der Waals surface area contributed by atoms with Crippen molar-refractivity contribution in [3.8, 4) is 11.1 Å². The number of nitrogens with one attached hydrogen (secondary N) is 1. The molecule has 2 heterocycles. The van der Waals surface area contributed by atoms with Crippen LogP contribution < -0.4 is 5.73 Å². The van der Waals surface area contributed by atoms with E-state index in [-0.39, 0.29) is 17.4 Å². The number of rotatable bonds is 5. The van der Waals surface area contributed by atoms with Crippen LogP contribution in [0.1, 0.15) is 53.6 Å². The number of carbonyl (C=O) groups is 1. The summed E-state index contributed by atoms with van der Waals surface area (Å²) in [7, 11) is -2.93. The maximum Gasteiger partial charge on any atom is 0.250 e. The fourth-order valence-electron chi connectivity index (χ4n) is 4.31. The molecule has 0 saturated carbocycles. The molecule has 1 aliphatic rings. The largest absolute Gasteiger partial charge is 0.366 e. The molecule has 1 fully saturated rings. The van der Waals surface area contributed by atoms with Gasteiger partial charge in [-0.2, -0.15) is 0 Å². The second-order valence-electron chi connectivity index (χ2n) is 7.93. The van der Waals surface area contributed by atoms with Crippen LogP contribution in [0, 0.1) is 0 Å². The summed E-state index contributed by atoms with van der Waals surface area (Å²) in [4.78, 5) is 15.3. The minimum absolute atomic E-state index is 0.162. The minimum atomic E-state index is -2.93. The van der Waals surface area contributed by atoms with Crippen molar-refractivity contribution in [1.29, 1.82) is 0 Å². The van der Waals surface area contributed by atoms with Crippen molar-refractivity contribution in [3.05, 3.63) is 59.3 Å². The Morgan fingerprint density at radius 1 is 1.10 bits per heavy atom. The van der Waals surface area contributed by atoms with Crippen molar-refractivity contribution in [2.24, 2.45) is 5.73 Å². The number of amides is 1. The van der Waals surface area contributed by atoms with E-state index in [2.05, 4.69) is 42.2 Å². The molecule has 4 rings (SSSR count). The number of aryl methyl sites for hydroxylation is 1. The molecule has 1 aromatic heterocycles. The third kappa shape index (κ3) is 3.94. The standard InChI is InChI=1S/C23H26N2O3S/c1-2-3-15-4-6-16(7-5-15)18-12-19-21(17-8-10-29(27,28)11-9-17)14-25-22(19)20(13-18)23(24)26/h4-7,12-14,17,25H,2-3,8-11H2,1H3,(H2,24,26). The Morgan fingerprint density at radius 3 is 2.41 bits per heavy atom. The fourth-order valence-corrected chi connectivity index (χ4v) is 5.80. The van der Waals surface area contributed by atoms with Crippen LogP contribution in [0.25, 0.3) is 22.0 Å². The zero-order valence-electron chi connectivity index (χ0n) is 16.6. The number of aromatic amines is 1. The number of hydrogen-bond donors (Lipinski definition) is 2. The lowest BCUT2D eigenvalue weighted by atomic mass is 9.90. The normalized spacial score (nSPS) is 16.9. The Balaban J connectivity index is 1.79. The van der Waals surface area contributed by atoms with Gasteiger partial charge in [0.2, 0.25) is 0 Å². The van der Waals surface area contributed by atoms with Gasteiger partial charge in [-0.3, -0.25) is 4.79 Å². The van der Waals surface area contributed by atoms with Crippen LogP contribution in [0.3, 0.4) is 0 Å². The Labute approximate surface area is 171 Å². The van der Waals surface area contributed by atoms with E-state index in [0.717, 1.165) is 40.4 Å². The number of hydrogen-bond acceptors (Lipinski definition) is 3. The highest BCUT2D eigenvalue weighted by Gasteiger charge is 2.27. The van der Waals surface area contributed by atoms with Crippen molar-refractivity contribution < 1.29 is 13.2 Å². The van der Waals surface area contributed by atoms with E-state index in [1.54, 1.807) is 0 Å². The van der Waals surface area contributed by atoms with Gasteiger partial charge < -0.3 is 10.7 Å². The number of H-pyrrole nitrogens is 1. The van der Waals surface area contributed by atoms with E-state index in [1.165, 1.54) is 5.56 Å². The van der Waals surface area contributed by atoms with E-state index in [9.17, 15) is 13.2 Å². The highest BCUT2D eigenvalue weighted by Crippen LogP contribution is 2.37. The predicted octanol–water partition coefficient (Wildman–Crippen LogP) is 4.18. The summed E-state index contributed by atoms with van der Waals surface area (Å²) in [6, 6.07) is 12.3. The quantitative estimate of drug-likeness (QED) is 0.661. The first-order chi connectivity index (χ1) is 13.9. The predicted molar refractivity (Wildman–Crippen MR) is 117 cm³/mol. The second kappa shape index (κ2) is 7.67. The molecule has 3 N–H and O–H groups in total. The lowest BCUT2D eigenvalue weighted by molar-refractivity contribution is 0.100. The van der Waals surface area contributed by atoms with Gasteiger partial charge >= 0.3 is 0 Å². The number of primary amides is 1. The van der Waals surface area contributed by atoms with Gasteiger partial charge in [-0.25, -0.2) is 8.42 Å². The van der Waals surface area contributed by atoms with Gasteiger partial charge in [0.1, 0.15) is 9.84 Å². The van der Waals surface area contributed by atoms with Crippen LogP contribution in [0.15, 0.2) is 42.6 Å². The van der Waals surface area contributed by atoms with Crippen LogP contribution in [-0.2, 0) is 16.3 Å². The van der Waals surface area contributed by atoms with Crippen LogP contribution in [-0.4, -0.2) is 30.8 Å². The molecule has 0 radical (unpaired) electrons. The van der Waals surface area contributed by atoms with E-state index in [1.807, 2.05) is 12.3 Å². The lowest BCUT2D eigenvalue weighted by Gasteiger charge is -2.21. The van der Waals surface area contributed by atoms with Gasteiger partial charge in [-0.15, -0.1) is 0 Å². The fraction of sp³-hybridized carbons (Fsp3) is 0.348. The molecule has 0 spiro atoms. The zero-order chi connectivity index (χ0) is 20.6. The molecule has 1 saturated heterocycles. The highest BCUT2D eigenvalue weighted by molar-refractivity contribution is 7.91. The summed E-state index contributed by atoms with van der Waals surface area (Å²) >= 11 is 0. The van der Waals surface area contributed by atoms with Gasteiger partial charge in [-0.1, -0.05) is 37.6 Å². The number of nitrogens with two attached hydrogens (primary N) is 1. The number of benzene rings is 2. The van der Waals surface area contributed by atoms with E-state index in [0.29, 0.717) is 18.4 Å². The molecule has 152 valence electrons. The Hall–Kier alpha value is -2.60. The molecule has 0 atom stereocenters. The maximum absolute atomic E-state index is 12.1. The average molecular weight is 411 g/mol. The molecule has 1 aliphatic heterocycles. The third-order valence-electron chi connectivity index (χ3n) is 5.91. The first kappa shape index (κ1) is 19.7. The Bertz CT molecular complexity index is 1150. The minimum Gasteiger partial charge on any atom is -0.366 e. The van der Waals surface area contributed by atoms with Crippen molar-refractivity contribution >= 4 is 26.6 Å². The molecule has 0 bridgehead atoms. The molecular weight excluding hydrogens is 384 g/mol. The second-order valence-corrected chi connectivity index (χ2v) is 10.2. The van der Waals surface area contributed by atoms with E-state index >= 15 is 0 Å². The number of carbonyl (C=O) groups excluding carboxylic acids is 1. The molecule has 2 aromatic carbocycles. The van der Waals surface area contributed by atoms with E-state index in [4.69, 9.17) is 5.73 Å². The maximum atomic E-state index is 12.1. The Morgan fingerprint density at radius 2 is 1.79 bits per heavy atom. The number of fused-ring (bicyclic) bond motifs is 1. The van der Waals surface area contributed by atoms with Crippen molar-refractivity contribution in [3.63, 3.8) is 0 Å². The molecule has 5 nitrogen and oxygen atoms in total. The Kier molecular flexibility index (Phi) is 5.21.